The summed E-state index contributed by atoms with van der Waals surface area (Å²) in [7, 11) is 1.68. The molecule has 1 heterocycles. The lowest BCUT2D eigenvalue weighted by atomic mass is 10.1. The first-order valence-corrected chi connectivity index (χ1v) is 5.87. The van der Waals surface area contributed by atoms with Crippen molar-refractivity contribution in [1.29, 1.82) is 0 Å². The predicted molar refractivity (Wildman–Crippen MR) is 66.7 cm³/mol. The van der Waals surface area contributed by atoms with Gasteiger partial charge in [-0.3, -0.25) is 0 Å². The molecule has 0 fully saturated rings. The van der Waals surface area contributed by atoms with Crippen LogP contribution >= 0.6 is 11.3 Å². The minimum absolute atomic E-state index is 0.487. The molecule has 0 atom stereocenters. The number of rotatable bonds is 3. The van der Waals surface area contributed by atoms with Crippen molar-refractivity contribution in [2.75, 3.05) is 7.11 Å². The highest BCUT2D eigenvalue weighted by molar-refractivity contribution is 7.15. The van der Waals surface area contributed by atoms with Crippen LogP contribution in [0, 0.1) is 6.92 Å². The van der Waals surface area contributed by atoms with Crippen LogP contribution in [0.2, 0.25) is 0 Å². The zero-order valence-corrected chi connectivity index (χ0v) is 10.2. The number of aromatic nitrogens is 1. The van der Waals surface area contributed by atoms with Crippen LogP contribution in [0.4, 0.5) is 0 Å². The smallest absolute Gasteiger partial charge is 0.127 e. The van der Waals surface area contributed by atoms with E-state index in [9.17, 15) is 0 Å². The van der Waals surface area contributed by atoms with Gasteiger partial charge in [0.1, 0.15) is 10.8 Å². The van der Waals surface area contributed by atoms with E-state index in [0.29, 0.717) is 6.54 Å². The highest BCUT2D eigenvalue weighted by Gasteiger charge is 2.12. The Morgan fingerprint density at radius 1 is 1.38 bits per heavy atom. The standard InChI is InChI=1S/C12H14N2OS/c1-8-12(16-11(7-13)14-8)9-5-3-4-6-10(9)15-2/h3-6H,7,13H2,1-2H3. The molecule has 2 aromatic rings. The third kappa shape index (κ3) is 1.94. The zero-order valence-electron chi connectivity index (χ0n) is 9.36. The van der Waals surface area contributed by atoms with Gasteiger partial charge in [0, 0.05) is 12.1 Å². The minimum atomic E-state index is 0.487. The van der Waals surface area contributed by atoms with Gasteiger partial charge in [0.15, 0.2) is 0 Å². The molecule has 2 N–H and O–H groups in total. The summed E-state index contributed by atoms with van der Waals surface area (Å²) in [5, 5.41) is 0.957. The third-order valence-electron chi connectivity index (χ3n) is 2.37. The lowest BCUT2D eigenvalue weighted by Crippen LogP contribution is -1.94. The fraction of sp³-hybridized carbons (Fsp3) is 0.250. The summed E-state index contributed by atoms with van der Waals surface area (Å²) in [6.07, 6.45) is 0. The normalized spacial score (nSPS) is 10.4. The maximum atomic E-state index is 5.60. The van der Waals surface area contributed by atoms with Gasteiger partial charge in [-0.2, -0.15) is 0 Å². The quantitative estimate of drug-likeness (QED) is 0.888. The van der Waals surface area contributed by atoms with Crippen LogP contribution in [-0.2, 0) is 6.54 Å². The van der Waals surface area contributed by atoms with Crippen molar-refractivity contribution in [3.8, 4) is 16.2 Å². The van der Waals surface area contributed by atoms with Gasteiger partial charge in [-0.1, -0.05) is 12.1 Å². The lowest BCUT2D eigenvalue weighted by Gasteiger charge is -2.06. The molecule has 0 saturated carbocycles. The Bertz CT molecular complexity index is 494. The van der Waals surface area contributed by atoms with E-state index in [1.807, 2.05) is 31.2 Å². The summed E-state index contributed by atoms with van der Waals surface area (Å²) in [5.74, 6) is 0.873. The Labute approximate surface area is 98.9 Å². The van der Waals surface area contributed by atoms with E-state index in [0.717, 1.165) is 26.9 Å². The summed E-state index contributed by atoms with van der Waals surface area (Å²) in [6, 6.07) is 7.96. The van der Waals surface area contributed by atoms with Crippen LogP contribution in [-0.4, -0.2) is 12.1 Å². The lowest BCUT2D eigenvalue weighted by molar-refractivity contribution is 0.416. The monoisotopic (exact) mass is 234 g/mol. The van der Waals surface area contributed by atoms with Gasteiger partial charge in [-0.15, -0.1) is 11.3 Å². The zero-order chi connectivity index (χ0) is 11.5. The van der Waals surface area contributed by atoms with Gasteiger partial charge < -0.3 is 10.5 Å². The molecule has 0 radical (unpaired) electrons. The van der Waals surface area contributed by atoms with Crippen molar-refractivity contribution in [2.45, 2.75) is 13.5 Å². The van der Waals surface area contributed by atoms with Crippen molar-refractivity contribution in [2.24, 2.45) is 5.73 Å². The van der Waals surface area contributed by atoms with Gasteiger partial charge in [0.2, 0.25) is 0 Å². The third-order valence-corrected chi connectivity index (χ3v) is 3.58. The van der Waals surface area contributed by atoms with Gasteiger partial charge in [0.25, 0.3) is 0 Å². The van der Waals surface area contributed by atoms with Crippen LogP contribution < -0.4 is 10.5 Å². The second kappa shape index (κ2) is 4.63. The number of hydrogen-bond acceptors (Lipinski definition) is 4. The predicted octanol–water partition coefficient (Wildman–Crippen LogP) is 2.59. The molecule has 0 amide bonds. The van der Waals surface area contributed by atoms with E-state index >= 15 is 0 Å². The maximum Gasteiger partial charge on any atom is 0.127 e. The molecule has 3 nitrogen and oxygen atoms in total. The molecular formula is C12H14N2OS. The van der Waals surface area contributed by atoms with Gasteiger partial charge in [-0.05, 0) is 19.1 Å². The van der Waals surface area contributed by atoms with Gasteiger partial charge >= 0.3 is 0 Å². The molecule has 0 aliphatic rings. The maximum absolute atomic E-state index is 5.60. The average molecular weight is 234 g/mol. The molecule has 0 unspecified atom stereocenters. The molecule has 1 aromatic heterocycles. The van der Waals surface area contributed by atoms with Gasteiger partial charge in [0.05, 0.1) is 17.7 Å². The van der Waals surface area contributed by atoms with E-state index in [4.69, 9.17) is 10.5 Å². The number of para-hydroxylation sites is 1. The van der Waals surface area contributed by atoms with Crippen molar-refractivity contribution < 1.29 is 4.74 Å². The molecule has 4 heteroatoms. The summed E-state index contributed by atoms with van der Waals surface area (Å²) >= 11 is 1.63. The minimum Gasteiger partial charge on any atom is -0.496 e. The van der Waals surface area contributed by atoms with Crippen LogP contribution in [0.15, 0.2) is 24.3 Å². The molecule has 2 rings (SSSR count). The molecule has 1 aromatic carbocycles. The summed E-state index contributed by atoms with van der Waals surface area (Å²) < 4.78 is 5.35. The Balaban J connectivity index is 2.53. The number of benzene rings is 1. The summed E-state index contributed by atoms with van der Waals surface area (Å²) in [6.45, 7) is 2.48. The SMILES string of the molecule is COc1ccccc1-c1sc(CN)nc1C. The Morgan fingerprint density at radius 2 is 2.12 bits per heavy atom. The fourth-order valence-corrected chi connectivity index (χ4v) is 2.60. The Hall–Kier alpha value is -1.39. The molecule has 0 aliphatic heterocycles. The largest absolute Gasteiger partial charge is 0.496 e. The van der Waals surface area contributed by atoms with E-state index in [1.54, 1.807) is 18.4 Å². The fourth-order valence-electron chi connectivity index (χ4n) is 1.62. The van der Waals surface area contributed by atoms with Crippen LogP contribution in [0.5, 0.6) is 5.75 Å². The molecule has 0 aliphatic carbocycles. The molecule has 16 heavy (non-hydrogen) atoms. The molecule has 0 spiro atoms. The Morgan fingerprint density at radius 3 is 2.75 bits per heavy atom. The Kier molecular flexibility index (Phi) is 3.22. The van der Waals surface area contributed by atoms with E-state index in [-0.39, 0.29) is 0 Å². The van der Waals surface area contributed by atoms with Crippen molar-refractivity contribution in [3.05, 3.63) is 35.0 Å². The number of aryl methyl sites for hydroxylation is 1. The molecule has 0 bridgehead atoms. The second-order valence-corrected chi connectivity index (χ2v) is 4.51. The molecule has 84 valence electrons. The topological polar surface area (TPSA) is 48.1 Å². The first-order valence-electron chi connectivity index (χ1n) is 5.06. The molecular weight excluding hydrogens is 220 g/mol. The second-order valence-electron chi connectivity index (χ2n) is 3.43. The summed E-state index contributed by atoms with van der Waals surface area (Å²) in [4.78, 5) is 5.56. The van der Waals surface area contributed by atoms with Crippen molar-refractivity contribution in [1.82, 2.24) is 4.98 Å². The van der Waals surface area contributed by atoms with Gasteiger partial charge in [-0.25, -0.2) is 4.98 Å². The average Bonchev–Trinajstić information content (AvgIpc) is 2.70. The van der Waals surface area contributed by atoms with E-state index < -0.39 is 0 Å². The van der Waals surface area contributed by atoms with E-state index in [2.05, 4.69) is 4.98 Å². The highest BCUT2D eigenvalue weighted by Crippen LogP contribution is 2.35. The van der Waals surface area contributed by atoms with Crippen molar-refractivity contribution >= 4 is 11.3 Å². The van der Waals surface area contributed by atoms with Crippen LogP contribution in [0.1, 0.15) is 10.7 Å². The van der Waals surface area contributed by atoms with Crippen molar-refractivity contribution in [3.63, 3.8) is 0 Å². The van der Waals surface area contributed by atoms with E-state index in [1.165, 1.54) is 0 Å². The number of hydrogen-bond donors (Lipinski definition) is 1. The highest BCUT2D eigenvalue weighted by atomic mass is 32.1. The van der Waals surface area contributed by atoms with Crippen LogP contribution in [0.3, 0.4) is 0 Å². The number of ether oxygens (including phenoxy) is 1. The first-order chi connectivity index (χ1) is 7.76. The number of thiazole rings is 1. The number of nitrogens with zero attached hydrogens (tertiary/aromatic N) is 1. The first kappa shape index (κ1) is 11.1. The number of methoxy groups -OCH3 is 1. The summed E-state index contributed by atoms with van der Waals surface area (Å²) in [5.41, 5.74) is 7.69. The number of nitrogens with two attached hydrogens (primary N) is 1. The van der Waals surface area contributed by atoms with Crippen LogP contribution in [0.25, 0.3) is 10.4 Å². The molecule has 0 saturated heterocycles.